The van der Waals surface area contributed by atoms with Gasteiger partial charge in [0.25, 0.3) is 0 Å². The van der Waals surface area contributed by atoms with E-state index in [0.29, 0.717) is 5.56 Å². The number of nitrogens with one attached hydrogen (secondary N) is 1. The van der Waals surface area contributed by atoms with E-state index in [9.17, 15) is 8.78 Å². The summed E-state index contributed by atoms with van der Waals surface area (Å²) in [6, 6.07) is 9.79. The molecule has 2 aromatic rings. The normalized spacial score (nSPS) is 12.2. The summed E-state index contributed by atoms with van der Waals surface area (Å²) >= 11 is 0. The van der Waals surface area contributed by atoms with Crippen molar-refractivity contribution in [2.24, 2.45) is 0 Å². The summed E-state index contributed by atoms with van der Waals surface area (Å²) in [6.45, 7) is 2.23. The van der Waals surface area contributed by atoms with Crippen LogP contribution in [0.3, 0.4) is 0 Å². The molecule has 0 unspecified atom stereocenters. The maximum absolute atomic E-state index is 13.3. The molecule has 112 valence electrons. The standard InChI is InChI=1S/C16H17F2NO2/c1-10(12-4-3-5-13(8-12)21-2)19-9-11-6-14(17)16(20)15(18)7-11/h3-8,10,19-20H,9H2,1-2H3/t10-/m1/s1. The number of ether oxygens (including phenoxy) is 1. The third kappa shape index (κ3) is 3.70. The van der Waals surface area contributed by atoms with Crippen LogP contribution in [0.25, 0.3) is 0 Å². The van der Waals surface area contributed by atoms with Gasteiger partial charge in [-0.3, -0.25) is 0 Å². The Balaban J connectivity index is 2.05. The third-order valence-electron chi connectivity index (χ3n) is 3.28. The number of halogens is 2. The van der Waals surface area contributed by atoms with Crippen molar-refractivity contribution in [2.45, 2.75) is 19.5 Å². The lowest BCUT2D eigenvalue weighted by atomic mass is 10.1. The molecule has 21 heavy (non-hydrogen) atoms. The predicted molar refractivity (Wildman–Crippen MR) is 76.3 cm³/mol. The van der Waals surface area contributed by atoms with Gasteiger partial charge in [0.1, 0.15) is 5.75 Å². The number of benzene rings is 2. The lowest BCUT2D eigenvalue weighted by Gasteiger charge is -2.15. The van der Waals surface area contributed by atoms with Gasteiger partial charge in [-0.2, -0.15) is 0 Å². The van der Waals surface area contributed by atoms with Crippen LogP contribution in [0.15, 0.2) is 36.4 Å². The van der Waals surface area contributed by atoms with E-state index < -0.39 is 17.4 Å². The van der Waals surface area contributed by atoms with Crippen LogP contribution in [0.1, 0.15) is 24.1 Å². The van der Waals surface area contributed by atoms with Gasteiger partial charge >= 0.3 is 0 Å². The number of phenolic OH excluding ortho intramolecular Hbond substituents is 1. The van der Waals surface area contributed by atoms with Crippen molar-refractivity contribution < 1.29 is 18.6 Å². The SMILES string of the molecule is COc1cccc([C@@H](C)NCc2cc(F)c(O)c(F)c2)c1. The Bertz CT molecular complexity index is 608. The monoisotopic (exact) mass is 293 g/mol. The summed E-state index contributed by atoms with van der Waals surface area (Å²) in [7, 11) is 1.60. The van der Waals surface area contributed by atoms with Crippen LogP contribution in [0, 0.1) is 11.6 Å². The molecule has 2 rings (SSSR count). The van der Waals surface area contributed by atoms with E-state index in [4.69, 9.17) is 9.84 Å². The smallest absolute Gasteiger partial charge is 0.187 e. The van der Waals surface area contributed by atoms with E-state index in [1.54, 1.807) is 7.11 Å². The maximum atomic E-state index is 13.3. The highest BCUT2D eigenvalue weighted by Gasteiger charge is 2.11. The minimum Gasteiger partial charge on any atom is -0.503 e. The third-order valence-corrected chi connectivity index (χ3v) is 3.28. The number of aromatic hydroxyl groups is 1. The molecule has 0 aliphatic rings. The average molecular weight is 293 g/mol. The minimum atomic E-state index is -0.958. The molecular formula is C16H17F2NO2. The van der Waals surface area contributed by atoms with Crippen LogP contribution in [0.4, 0.5) is 8.78 Å². The average Bonchev–Trinajstić information content (AvgIpc) is 2.50. The second kappa shape index (κ2) is 6.54. The molecule has 0 aromatic heterocycles. The zero-order chi connectivity index (χ0) is 15.4. The van der Waals surface area contributed by atoms with E-state index in [-0.39, 0.29) is 12.6 Å². The molecule has 0 amide bonds. The first kappa shape index (κ1) is 15.3. The molecule has 0 fully saturated rings. The topological polar surface area (TPSA) is 41.5 Å². The number of methoxy groups -OCH3 is 1. The van der Waals surface area contributed by atoms with Gasteiger partial charge in [0.15, 0.2) is 17.4 Å². The number of hydrogen-bond donors (Lipinski definition) is 2. The summed E-state index contributed by atoms with van der Waals surface area (Å²) in [5, 5.41) is 12.2. The number of rotatable bonds is 5. The maximum Gasteiger partial charge on any atom is 0.187 e. The Morgan fingerprint density at radius 3 is 2.48 bits per heavy atom. The van der Waals surface area contributed by atoms with Gasteiger partial charge in [-0.15, -0.1) is 0 Å². The van der Waals surface area contributed by atoms with Gasteiger partial charge in [-0.05, 0) is 42.3 Å². The lowest BCUT2D eigenvalue weighted by Crippen LogP contribution is -2.18. The van der Waals surface area contributed by atoms with Gasteiger partial charge in [-0.1, -0.05) is 12.1 Å². The van der Waals surface area contributed by atoms with Gasteiger partial charge in [-0.25, -0.2) is 8.78 Å². The first-order chi connectivity index (χ1) is 10.0. The van der Waals surface area contributed by atoms with E-state index in [0.717, 1.165) is 23.4 Å². The fraction of sp³-hybridized carbons (Fsp3) is 0.250. The molecule has 0 aliphatic heterocycles. The molecule has 1 atom stereocenters. The van der Waals surface area contributed by atoms with Crippen LogP contribution >= 0.6 is 0 Å². The fourth-order valence-corrected chi connectivity index (χ4v) is 2.02. The van der Waals surface area contributed by atoms with Crippen LogP contribution in [0.5, 0.6) is 11.5 Å². The summed E-state index contributed by atoms with van der Waals surface area (Å²) in [5.74, 6) is -2.11. The molecule has 0 radical (unpaired) electrons. The molecule has 0 saturated carbocycles. The predicted octanol–water partition coefficient (Wildman–Crippen LogP) is 3.53. The molecular weight excluding hydrogens is 276 g/mol. The van der Waals surface area contributed by atoms with Crippen LogP contribution in [-0.2, 0) is 6.54 Å². The molecule has 5 heteroatoms. The zero-order valence-corrected chi connectivity index (χ0v) is 11.9. The van der Waals surface area contributed by atoms with Gasteiger partial charge < -0.3 is 15.2 Å². The molecule has 0 spiro atoms. The summed E-state index contributed by atoms with van der Waals surface area (Å²) in [4.78, 5) is 0. The first-order valence-electron chi connectivity index (χ1n) is 6.55. The Morgan fingerprint density at radius 1 is 1.19 bits per heavy atom. The van der Waals surface area contributed by atoms with Crippen molar-refractivity contribution in [3.8, 4) is 11.5 Å². The van der Waals surface area contributed by atoms with Gasteiger partial charge in [0, 0.05) is 12.6 Å². The Morgan fingerprint density at radius 2 is 1.86 bits per heavy atom. The lowest BCUT2D eigenvalue weighted by molar-refractivity contribution is 0.394. The van der Waals surface area contributed by atoms with Crippen molar-refractivity contribution >= 4 is 0 Å². The van der Waals surface area contributed by atoms with Crippen molar-refractivity contribution in [3.05, 3.63) is 59.2 Å². The van der Waals surface area contributed by atoms with Crippen LogP contribution in [-0.4, -0.2) is 12.2 Å². The zero-order valence-electron chi connectivity index (χ0n) is 11.9. The molecule has 3 nitrogen and oxygen atoms in total. The Kier molecular flexibility index (Phi) is 4.75. The highest BCUT2D eigenvalue weighted by molar-refractivity contribution is 5.31. The highest BCUT2D eigenvalue weighted by Crippen LogP contribution is 2.23. The second-order valence-corrected chi connectivity index (χ2v) is 4.79. The van der Waals surface area contributed by atoms with Crippen molar-refractivity contribution in [1.29, 1.82) is 0 Å². The molecule has 0 aliphatic carbocycles. The number of phenols is 1. The van der Waals surface area contributed by atoms with E-state index in [1.165, 1.54) is 0 Å². The van der Waals surface area contributed by atoms with Gasteiger partial charge in [0.05, 0.1) is 7.11 Å². The Labute approximate surface area is 122 Å². The van der Waals surface area contributed by atoms with Gasteiger partial charge in [0.2, 0.25) is 0 Å². The fourth-order valence-electron chi connectivity index (χ4n) is 2.02. The summed E-state index contributed by atoms with van der Waals surface area (Å²) in [5.41, 5.74) is 1.44. The first-order valence-corrected chi connectivity index (χ1v) is 6.55. The van der Waals surface area contributed by atoms with Crippen molar-refractivity contribution in [1.82, 2.24) is 5.32 Å². The molecule has 0 heterocycles. The van der Waals surface area contributed by atoms with E-state index in [2.05, 4.69) is 5.32 Å². The molecule has 0 bridgehead atoms. The van der Waals surface area contributed by atoms with Crippen LogP contribution < -0.4 is 10.1 Å². The van der Waals surface area contributed by atoms with Crippen molar-refractivity contribution in [2.75, 3.05) is 7.11 Å². The van der Waals surface area contributed by atoms with Crippen molar-refractivity contribution in [3.63, 3.8) is 0 Å². The largest absolute Gasteiger partial charge is 0.503 e. The quantitative estimate of drug-likeness (QED) is 0.886. The molecule has 2 N–H and O–H groups in total. The molecule has 2 aromatic carbocycles. The van der Waals surface area contributed by atoms with Crippen LogP contribution in [0.2, 0.25) is 0 Å². The van der Waals surface area contributed by atoms with E-state index in [1.807, 2.05) is 31.2 Å². The summed E-state index contributed by atoms with van der Waals surface area (Å²) < 4.78 is 31.7. The molecule has 0 saturated heterocycles. The highest BCUT2D eigenvalue weighted by atomic mass is 19.1. The second-order valence-electron chi connectivity index (χ2n) is 4.79. The Hall–Kier alpha value is -2.14. The van der Waals surface area contributed by atoms with E-state index >= 15 is 0 Å². The number of hydrogen-bond acceptors (Lipinski definition) is 3. The minimum absolute atomic E-state index is 0.0139. The summed E-state index contributed by atoms with van der Waals surface area (Å²) in [6.07, 6.45) is 0.